The molecule has 0 radical (unpaired) electrons. The van der Waals surface area contributed by atoms with Gasteiger partial charge in [-0.15, -0.1) is 0 Å². The predicted molar refractivity (Wildman–Crippen MR) is 71.8 cm³/mol. The molecule has 0 saturated carbocycles. The highest BCUT2D eigenvalue weighted by Crippen LogP contribution is 2.28. The van der Waals surface area contributed by atoms with Gasteiger partial charge in [-0.3, -0.25) is 4.79 Å². The zero-order valence-corrected chi connectivity index (χ0v) is 12.1. The van der Waals surface area contributed by atoms with Gasteiger partial charge in [0.25, 0.3) is 0 Å². The summed E-state index contributed by atoms with van der Waals surface area (Å²) in [5, 5.41) is 8.98. The molecule has 1 amide bonds. The Labute approximate surface area is 106 Å². The fourth-order valence-electron chi connectivity index (χ4n) is 1.53. The van der Waals surface area contributed by atoms with E-state index < -0.39 is 0 Å². The Morgan fingerprint density at radius 3 is 2.29 bits per heavy atom. The first-order valence-electron chi connectivity index (χ1n) is 6.71. The van der Waals surface area contributed by atoms with Crippen molar-refractivity contribution in [3.05, 3.63) is 0 Å². The van der Waals surface area contributed by atoms with E-state index in [1.165, 1.54) is 0 Å². The molecule has 0 aliphatic rings. The lowest BCUT2D eigenvalue weighted by atomic mass is 9.80. The molecule has 3 heteroatoms. The van der Waals surface area contributed by atoms with Gasteiger partial charge in [-0.25, -0.2) is 0 Å². The number of amides is 1. The number of hydrogen-bond acceptors (Lipinski definition) is 2. The lowest BCUT2D eigenvalue weighted by molar-refractivity contribution is -0.133. The van der Waals surface area contributed by atoms with Gasteiger partial charge in [-0.05, 0) is 17.8 Å². The summed E-state index contributed by atoms with van der Waals surface area (Å²) in [6.45, 7) is 12.0. The molecule has 0 fully saturated rings. The van der Waals surface area contributed by atoms with Crippen LogP contribution in [0.5, 0.6) is 0 Å². The molecule has 17 heavy (non-hydrogen) atoms. The van der Waals surface area contributed by atoms with Crippen molar-refractivity contribution in [2.45, 2.75) is 53.9 Å². The van der Waals surface area contributed by atoms with E-state index in [-0.39, 0.29) is 17.9 Å². The Hall–Kier alpha value is -0.570. The van der Waals surface area contributed by atoms with Gasteiger partial charge >= 0.3 is 0 Å². The van der Waals surface area contributed by atoms with Crippen molar-refractivity contribution >= 4 is 5.91 Å². The van der Waals surface area contributed by atoms with Crippen LogP contribution in [-0.2, 0) is 4.79 Å². The highest BCUT2D eigenvalue weighted by atomic mass is 16.3. The number of rotatable bonds is 7. The summed E-state index contributed by atoms with van der Waals surface area (Å²) < 4.78 is 0. The molecule has 0 aromatic heterocycles. The molecule has 102 valence electrons. The van der Waals surface area contributed by atoms with Crippen LogP contribution < -0.4 is 0 Å². The zero-order chi connectivity index (χ0) is 13.5. The van der Waals surface area contributed by atoms with Gasteiger partial charge in [0, 0.05) is 19.5 Å². The second-order valence-corrected chi connectivity index (χ2v) is 5.93. The maximum Gasteiger partial charge on any atom is 0.222 e. The Kier molecular flexibility index (Phi) is 7.44. The van der Waals surface area contributed by atoms with Gasteiger partial charge in [0.1, 0.15) is 0 Å². The lowest BCUT2D eigenvalue weighted by Gasteiger charge is -2.29. The first-order valence-corrected chi connectivity index (χ1v) is 6.71. The van der Waals surface area contributed by atoms with Gasteiger partial charge in [0.15, 0.2) is 0 Å². The minimum absolute atomic E-state index is 0.0549. The highest BCUT2D eigenvalue weighted by molar-refractivity contribution is 5.76. The van der Waals surface area contributed by atoms with E-state index in [2.05, 4.69) is 34.6 Å². The molecule has 0 spiro atoms. The summed E-state index contributed by atoms with van der Waals surface area (Å²) in [6, 6.07) is 0. The minimum Gasteiger partial charge on any atom is -0.395 e. The van der Waals surface area contributed by atoms with Gasteiger partial charge in [0.2, 0.25) is 5.91 Å². The molecule has 0 aromatic rings. The van der Waals surface area contributed by atoms with Crippen molar-refractivity contribution in [3.8, 4) is 0 Å². The standard InChI is InChI=1S/C14H29NO2/c1-6-7-8-15(9-10-16)13(17)11-12(2)14(3,4)5/h12,16H,6-11H2,1-5H3. The topological polar surface area (TPSA) is 40.5 Å². The van der Waals surface area contributed by atoms with E-state index in [0.29, 0.717) is 18.9 Å². The molecule has 1 atom stereocenters. The monoisotopic (exact) mass is 243 g/mol. The number of nitrogens with zero attached hydrogens (tertiary/aromatic N) is 1. The van der Waals surface area contributed by atoms with Gasteiger partial charge in [-0.1, -0.05) is 41.0 Å². The van der Waals surface area contributed by atoms with E-state index in [0.717, 1.165) is 19.4 Å². The molecular formula is C14H29NO2. The number of carbonyl (C=O) groups excluding carboxylic acids is 1. The van der Waals surface area contributed by atoms with Gasteiger partial charge in [0.05, 0.1) is 6.61 Å². The number of hydrogen-bond donors (Lipinski definition) is 1. The third-order valence-electron chi connectivity index (χ3n) is 3.46. The molecule has 0 aliphatic heterocycles. The average molecular weight is 243 g/mol. The molecule has 0 aliphatic carbocycles. The fraction of sp³-hybridized carbons (Fsp3) is 0.929. The maximum absolute atomic E-state index is 12.1. The SMILES string of the molecule is CCCCN(CCO)C(=O)CC(C)C(C)(C)C. The van der Waals surface area contributed by atoms with Crippen LogP contribution in [0.1, 0.15) is 53.9 Å². The normalized spacial score (nSPS) is 13.5. The van der Waals surface area contributed by atoms with Crippen LogP contribution in [0, 0.1) is 11.3 Å². The molecule has 0 aromatic carbocycles. The molecule has 1 N–H and O–H groups in total. The Morgan fingerprint density at radius 2 is 1.88 bits per heavy atom. The van der Waals surface area contributed by atoms with Crippen LogP contribution in [0.25, 0.3) is 0 Å². The molecule has 0 saturated heterocycles. The summed E-state index contributed by atoms with van der Waals surface area (Å²) in [4.78, 5) is 13.9. The van der Waals surface area contributed by atoms with Crippen LogP contribution in [0.2, 0.25) is 0 Å². The van der Waals surface area contributed by atoms with Crippen LogP contribution in [0.15, 0.2) is 0 Å². The quantitative estimate of drug-likeness (QED) is 0.747. The summed E-state index contributed by atoms with van der Waals surface area (Å²) in [5.74, 6) is 0.535. The molecule has 3 nitrogen and oxygen atoms in total. The van der Waals surface area contributed by atoms with E-state index in [4.69, 9.17) is 5.11 Å². The molecule has 0 rings (SSSR count). The first-order chi connectivity index (χ1) is 7.82. The zero-order valence-electron chi connectivity index (χ0n) is 12.1. The number of aliphatic hydroxyl groups excluding tert-OH is 1. The number of aliphatic hydroxyl groups is 1. The lowest BCUT2D eigenvalue weighted by Crippen LogP contribution is -2.36. The Balaban J connectivity index is 4.31. The third kappa shape index (κ3) is 6.67. The predicted octanol–water partition coefficient (Wildman–Crippen LogP) is 2.68. The average Bonchev–Trinajstić information content (AvgIpc) is 2.22. The largest absolute Gasteiger partial charge is 0.395 e. The number of unbranched alkanes of at least 4 members (excludes halogenated alkanes) is 1. The minimum atomic E-state index is 0.0549. The second kappa shape index (κ2) is 7.70. The molecule has 1 unspecified atom stereocenters. The summed E-state index contributed by atoms with van der Waals surface area (Å²) in [5.41, 5.74) is 0.158. The molecule has 0 heterocycles. The van der Waals surface area contributed by atoms with Crippen molar-refractivity contribution in [3.63, 3.8) is 0 Å². The smallest absolute Gasteiger partial charge is 0.222 e. The van der Waals surface area contributed by atoms with Gasteiger partial charge < -0.3 is 10.0 Å². The van der Waals surface area contributed by atoms with E-state index >= 15 is 0 Å². The molecular weight excluding hydrogens is 214 g/mol. The first kappa shape index (κ1) is 16.4. The van der Waals surface area contributed by atoms with Crippen molar-refractivity contribution in [2.75, 3.05) is 19.7 Å². The van der Waals surface area contributed by atoms with Crippen molar-refractivity contribution < 1.29 is 9.90 Å². The fourth-order valence-corrected chi connectivity index (χ4v) is 1.53. The van der Waals surface area contributed by atoms with E-state index in [1.54, 1.807) is 4.90 Å². The van der Waals surface area contributed by atoms with Gasteiger partial charge in [-0.2, -0.15) is 0 Å². The molecule has 0 bridgehead atoms. The third-order valence-corrected chi connectivity index (χ3v) is 3.46. The van der Waals surface area contributed by atoms with E-state index in [1.807, 2.05) is 0 Å². The summed E-state index contributed by atoms with van der Waals surface area (Å²) in [6.07, 6.45) is 2.66. The Morgan fingerprint density at radius 1 is 1.29 bits per heavy atom. The summed E-state index contributed by atoms with van der Waals surface area (Å²) >= 11 is 0. The highest BCUT2D eigenvalue weighted by Gasteiger charge is 2.24. The summed E-state index contributed by atoms with van der Waals surface area (Å²) in [7, 11) is 0. The Bertz CT molecular complexity index is 221. The van der Waals surface area contributed by atoms with Crippen molar-refractivity contribution in [1.82, 2.24) is 4.90 Å². The van der Waals surface area contributed by atoms with Crippen LogP contribution >= 0.6 is 0 Å². The second-order valence-electron chi connectivity index (χ2n) is 5.93. The van der Waals surface area contributed by atoms with Crippen LogP contribution in [0.4, 0.5) is 0 Å². The van der Waals surface area contributed by atoms with Crippen LogP contribution in [-0.4, -0.2) is 35.6 Å². The maximum atomic E-state index is 12.1. The van der Waals surface area contributed by atoms with Crippen LogP contribution in [0.3, 0.4) is 0 Å². The van der Waals surface area contributed by atoms with E-state index in [9.17, 15) is 4.79 Å². The van der Waals surface area contributed by atoms with Crippen molar-refractivity contribution in [2.24, 2.45) is 11.3 Å². The number of carbonyl (C=O) groups is 1. The van der Waals surface area contributed by atoms with Crippen molar-refractivity contribution in [1.29, 1.82) is 0 Å².